The van der Waals surface area contributed by atoms with E-state index in [4.69, 9.17) is 9.47 Å². The van der Waals surface area contributed by atoms with Gasteiger partial charge in [-0.2, -0.15) is 0 Å². The molecule has 2 aromatic carbocycles. The van der Waals surface area contributed by atoms with E-state index in [9.17, 15) is 14.4 Å². The van der Waals surface area contributed by atoms with Crippen LogP contribution in [0.5, 0.6) is 11.5 Å². The summed E-state index contributed by atoms with van der Waals surface area (Å²) in [6.45, 7) is 0.0735. The summed E-state index contributed by atoms with van der Waals surface area (Å²) < 4.78 is 15.5. The summed E-state index contributed by atoms with van der Waals surface area (Å²) in [5.41, 5.74) is 3.76. The number of rotatable bonds is 9. The summed E-state index contributed by atoms with van der Waals surface area (Å²) in [5.74, 6) is -0.398. The van der Waals surface area contributed by atoms with Crippen LogP contribution in [0, 0.1) is 0 Å². The van der Waals surface area contributed by atoms with E-state index in [1.54, 1.807) is 35.8 Å². The summed E-state index contributed by atoms with van der Waals surface area (Å²) in [6.07, 6.45) is 0. The third-order valence-electron chi connectivity index (χ3n) is 4.31. The number of esters is 1. The van der Waals surface area contributed by atoms with E-state index in [2.05, 4.69) is 20.4 Å². The maximum absolute atomic E-state index is 12.6. The number of hydrogen-bond acceptors (Lipinski definition) is 8. The Balaban J connectivity index is 1.61. The molecule has 0 spiro atoms. The molecule has 3 rings (SSSR count). The lowest BCUT2D eigenvalue weighted by Crippen LogP contribution is -2.30. The molecule has 0 bridgehead atoms. The van der Waals surface area contributed by atoms with E-state index in [1.807, 2.05) is 5.38 Å². The Hall–Kier alpha value is -3.92. The van der Waals surface area contributed by atoms with Crippen molar-refractivity contribution in [3.05, 3.63) is 70.2 Å². The van der Waals surface area contributed by atoms with Gasteiger partial charge in [0, 0.05) is 22.2 Å². The lowest BCUT2D eigenvalue weighted by atomic mass is 10.1. The largest absolute Gasteiger partial charge is 0.493 e. The minimum Gasteiger partial charge on any atom is -0.493 e. The summed E-state index contributed by atoms with van der Waals surface area (Å²) in [5, 5.41) is 7.09. The molecule has 0 saturated carbocycles. The molecule has 0 saturated heterocycles. The van der Waals surface area contributed by atoms with Crippen LogP contribution in [-0.2, 0) is 16.1 Å². The van der Waals surface area contributed by atoms with Gasteiger partial charge in [-0.05, 0) is 42.5 Å². The van der Waals surface area contributed by atoms with Crippen LogP contribution in [0.3, 0.4) is 0 Å². The van der Waals surface area contributed by atoms with Gasteiger partial charge in [0.25, 0.3) is 11.8 Å². The van der Waals surface area contributed by atoms with Crippen LogP contribution in [-0.4, -0.2) is 43.5 Å². The van der Waals surface area contributed by atoms with Crippen molar-refractivity contribution in [2.45, 2.75) is 6.61 Å². The van der Waals surface area contributed by atoms with Crippen LogP contribution >= 0.6 is 11.3 Å². The number of carbonyl (C=O) groups is 3. The van der Waals surface area contributed by atoms with Crippen LogP contribution in [0.1, 0.15) is 26.4 Å². The second kappa shape index (κ2) is 10.9. The third-order valence-corrected chi connectivity index (χ3v) is 4.95. The van der Waals surface area contributed by atoms with E-state index >= 15 is 0 Å². The molecule has 3 aromatic rings. The molecule has 0 atom stereocenters. The molecule has 1 heterocycles. The Bertz CT molecular complexity index is 1080. The quantitative estimate of drug-likeness (QED) is 0.477. The standard InChI is InChI=1S/C22H21N3O6S/c1-29-19-9-15(5-8-18(19)31-11-17-12-32-13-24-17)22(28)25-16-6-3-14(4-7-16)21(27)23-10-20(26)30-2/h3-9,12-13H,10-11H2,1-2H3,(H,23,27)(H,25,28). The molecule has 10 heteroatoms. The molecule has 166 valence electrons. The van der Waals surface area contributed by atoms with Gasteiger partial charge in [0.15, 0.2) is 11.5 Å². The number of aromatic nitrogens is 1. The minimum atomic E-state index is -0.544. The van der Waals surface area contributed by atoms with Gasteiger partial charge in [-0.3, -0.25) is 14.4 Å². The van der Waals surface area contributed by atoms with Crippen molar-refractivity contribution < 1.29 is 28.6 Å². The minimum absolute atomic E-state index is 0.223. The molecule has 1 aromatic heterocycles. The highest BCUT2D eigenvalue weighted by atomic mass is 32.1. The number of anilines is 1. The number of thiazole rings is 1. The van der Waals surface area contributed by atoms with E-state index in [-0.39, 0.29) is 12.5 Å². The number of nitrogens with zero attached hydrogens (tertiary/aromatic N) is 1. The van der Waals surface area contributed by atoms with Gasteiger partial charge in [-0.1, -0.05) is 0 Å². The number of carbonyl (C=O) groups excluding carboxylic acids is 3. The zero-order valence-corrected chi connectivity index (χ0v) is 18.2. The summed E-state index contributed by atoms with van der Waals surface area (Å²) in [6, 6.07) is 11.1. The second-order valence-electron chi connectivity index (χ2n) is 6.42. The predicted octanol–water partition coefficient (Wildman–Crippen LogP) is 2.89. The number of amides is 2. The molecular weight excluding hydrogens is 434 g/mol. The summed E-state index contributed by atoms with van der Waals surface area (Å²) in [4.78, 5) is 39.9. The first kappa shape index (κ1) is 22.8. The topological polar surface area (TPSA) is 116 Å². The smallest absolute Gasteiger partial charge is 0.325 e. The average Bonchev–Trinajstić information content (AvgIpc) is 3.35. The van der Waals surface area contributed by atoms with Crippen molar-refractivity contribution in [2.75, 3.05) is 26.1 Å². The normalized spacial score (nSPS) is 10.2. The van der Waals surface area contributed by atoms with Crippen LogP contribution in [0.15, 0.2) is 53.4 Å². The lowest BCUT2D eigenvalue weighted by Gasteiger charge is -2.12. The van der Waals surface area contributed by atoms with Crippen molar-refractivity contribution in [1.82, 2.24) is 10.3 Å². The fourth-order valence-corrected chi connectivity index (χ4v) is 3.17. The first-order valence-electron chi connectivity index (χ1n) is 9.44. The van der Waals surface area contributed by atoms with Crippen LogP contribution in [0.2, 0.25) is 0 Å². The van der Waals surface area contributed by atoms with Gasteiger partial charge in [0.05, 0.1) is 25.4 Å². The van der Waals surface area contributed by atoms with Crippen LogP contribution in [0.25, 0.3) is 0 Å². The maximum Gasteiger partial charge on any atom is 0.325 e. The van der Waals surface area contributed by atoms with Gasteiger partial charge >= 0.3 is 5.97 Å². The van der Waals surface area contributed by atoms with E-state index < -0.39 is 11.9 Å². The van der Waals surface area contributed by atoms with Crippen LogP contribution in [0.4, 0.5) is 5.69 Å². The van der Waals surface area contributed by atoms with E-state index in [0.717, 1.165) is 5.69 Å². The molecular formula is C22H21N3O6S. The van der Waals surface area contributed by atoms with Gasteiger partial charge < -0.3 is 24.8 Å². The molecule has 0 fully saturated rings. The van der Waals surface area contributed by atoms with Gasteiger partial charge in [-0.15, -0.1) is 11.3 Å². The Morgan fingerprint density at radius 1 is 0.969 bits per heavy atom. The molecule has 32 heavy (non-hydrogen) atoms. The average molecular weight is 455 g/mol. The molecule has 2 amide bonds. The monoisotopic (exact) mass is 455 g/mol. The van der Waals surface area contributed by atoms with E-state index in [0.29, 0.717) is 34.9 Å². The molecule has 0 aliphatic carbocycles. The highest BCUT2D eigenvalue weighted by molar-refractivity contribution is 7.07. The predicted molar refractivity (Wildman–Crippen MR) is 118 cm³/mol. The fourth-order valence-electron chi connectivity index (χ4n) is 2.62. The summed E-state index contributed by atoms with van der Waals surface area (Å²) >= 11 is 1.48. The second-order valence-corrected chi connectivity index (χ2v) is 7.14. The van der Waals surface area contributed by atoms with Crippen molar-refractivity contribution in [3.63, 3.8) is 0 Å². The Labute approximate surface area is 188 Å². The Kier molecular flexibility index (Phi) is 7.76. The van der Waals surface area contributed by atoms with Gasteiger partial charge in [0.2, 0.25) is 0 Å². The molecule has 2 N–H and O–H groups in total. The Morgan fingerprint density at radius 3 is 2.38 bits per heavy atom. The number of benzene rings is 2. The molecule has 9 nitrogen and oxygen atoms in total. The maximum atomic E-state index is 12.6. The SMILES string of the molecule is COC(=O)CNC(=O)c1ccc(NC(=O)c2ccc(OCc3cscn3)c(OC)c2)cc1. The van der Waals surface area contributed by atoms with Crippen molar-refractivity contribution in [3.8, 4) is 11.5 Å². The number of methoxy groups -OCH3 is 2. The van der Waals surface area contributed by atoms with Crippen molar-refractivity contribution in [2.24, 2.45) is 0 Å². The molecule has 0 aliphatic heterocycles. The van der Waals surface area contributed by atoms with Crippen molar-refractivity contribution >= 4 is 34.8 Å². The first-order chi connectivity index (χ1) is 15.5. The summed E-state index contributed by atoms with van der Waals surface area (Å²) in [7, 11) is 2.74. The highest BCUT2D eigenvalue weighted by Gasteiger charge is 2.13. The highest BCUT2D eigenvalue weighted by Crippen LogP contribution is 2.29. The van der Waals surface area contributed by atoms with Gasteiger partial charge in [-0.25, -0.2) is 4.98 Å². The number of hydrogen-bond donors (Lipinski definition) is 2. The zero-order valence-electron chi connectivity index (χ0n) is 17.4. The van der Waals surface area contributed by atoms with Crippen LogP contribution < -0.4 is 20.1 Å². The van der Waals surface area contributed by atoms with E-state index in [1.165, 1.54) is 37.7 Å². The van der Waals surface area contributed by atoms with Crippen molar-refractivity contribution in [1.29, 1.82) is 0 Å². The third kappa shape index (κ3) is 6.05. The Morgan fingerprint density at radius 2 is 1.72 bits per heavy atom. The number of ether oxygens (including phenoxy) is 3. The molecule has 0 aliphatic rings. The first-order valence-corrected chi connectivity index (χ1v) is 10.4. The van der Waals surface area contributed by atoms with Gasteiger partial charge in [0.1, 0.15) is 13.2 Å². The number of nitrogens with one attached hydrogen (secondary N) is 2. The lowest BCUT2D eigenvalue weighted by molar-refractivity contribution is -0.139. The zero-order chi connectivity index (χ0) is 22.9. The molecule has 0 unspecified atom stereocenters. The fraction of sp³-hybridized carbons (Fsp3) is 0.182. The molecule has 0 radical (unpaired) electrons.